The zero-order valence-corrected chi connectivity index (χ0v) is 9.98. The van der Waals surface area contributed by atoms with Gasteiger partial charge in [0.2, 0.25) is 5.91 Å². The summed E-state index contributed by atoms with van der Waals surface area (Å²) in [5.74, 6) is 4.90. The van der Waals surface area contributed by atoms with Crippen LogP contribution in [0.5, 0.6) is 0 Å². The van der Waals surface area contributed by atoms with Crippen LogP contribution in [-0.2, 0) is 4.79 Å². The highest BCUT2D eigenvalue weighted by Gasteiger charge is 2.27. The molecule has 1 saturated carbocycles. The van der Waals surface area contributed by atoms with Crippen molar-refractivity contribution >= 4 is 5.91 Å². The van der Waals surface area contributed by atoms with E-state index in [1.807, 2.05) is 6.92 Å². The van der Waals surface area contributed by atoms with Crippen LogP contribution in [-0.4, -0.2) is 41.7 Å². The summed E-state index contributed by atoms with van der Waals surface area (Å²) in [4.78, 5) is 13.6. The van der Waals surface area contributed by atoms with Crippen molar-refractivity contribution in [2.75, 3.05) is 19.7 Å². The van der Waals surface area contributed by atoms with Crippen LogP contribution in [0.3, 0.4) is 0 Å². The highest BCUT2D eigenvalue weighted by molar-refractivity contribution is 5.77. The number of nitrogens with two attached hydrogens (primary N) is 1. The average Bonchev–Trinajstić information content (AvgIpc) is 2.22. The standard InChI is InChI=1S/C11H23N3O2/c1-9(11(16)13-12)8-14(6-3-7-15)10-4-2-5-10/h9-10,15H,2-8,12H2,1H3,(H,13,16). The predicted molar refractivity (Wildman–Crippen MR) is 62.4 cm³/mol. The van der Waals surface area contributed by atoms with Gasteiger partial charge in [-0.25, -0.2) is 5.84 Å². The molecule has 5 nitrogen and oxygen atoms in total. The summed E-state index contributed by atoms with van der Waals surface area (Å²) in [6.45, 7) is 3.69. The van der Waals surface area contributed by atoms with Gasteiger partial charge in [-0.1, -0.05) is 13.3 Å². The maximum Gasteiger partial charge on any atom is 0.237 e. The number of hydrazine groups is 1. The van der Waals surface area contributed by atoms with Crippen LogP contribution < -0.4 is 11.3 Å². The fourth-order valence-corrected chi connectivity index (χ4v) is 2.03. The molecule has 0 aromatic carbocycles. The Balaban J connectivity index is 2.38. The van der Waals surface area contributed by atoms with E-state index in [1.165, 1.54) is 19.3 Å². The van der Waals surface area contributed by atoms with Gasteiger partial charge >= 0.3 is 0 Å². The van der Waals surface area contributed by atoms with Crippen molar-refractivity contribution in [3.8, 4) is 0 Å². The van der Waals surface area contributed by atoms with E-state index in [9.17, 15) is 4.79 Å². The van der Waals surface area contributed by atoms with E-state index in [2.05, 4.69) is 10.3 Å². The van der Waals surface area contributed by atoms with Crippen molar-refractivity contribution in [1.29, 1.82) is 0 Å². The number of hydrogen-bond donors (Lipinski definition) is 3. The maximum atomic E-state index is 11.3. The molecule has 1 aliphatic rings. The molecule has 0 spiro atoms. The lowest BCUT2D eigenvalue weighted by Crippen LogP contribution is -2.46. The van der Waals surface area contributed by atoms with Crippen molar-refractivity contribution in [3.63, 3.8) is 0 Å². The van der Waals surface area contributed by atoms with Crippen LogP contribution in [0.15, 0.2) is 0 Å². The van der Waals surface area contributed by atoms with E-state index in [1.54, 1.807) is 0 Å². The third-order valence-corrected chi connectivity index (χ3v) is 3.29. The van der Waals surface area contributed by atoms with Gasteiger partial charge in [0.15, 0.2) is 0 Å². The Hall–Kier alpha value is -0.650. The highest BCUT2D eigenvalue weighted by atomic mass is 16.3. The Labute approximate surface area is 97.0 Å². The van der Waals surface area contributed by atoms with E-state index in [4.69, 9.17) is 10.9 Å². The van der Waals surface area contributed by atoms with Gasteiger partial charge < -0.3 is 5.11 Å². The smallest absolute Gasteiger partial charge is 0.237 e. The number of rotatable bonds is 7. The number of aliphatic hydroxyl groups excluding tert-OH is 1. The van der Waals surface area contributed by atoms with Gasteiger partial charge in [0.05, 0.1) is 0 Å². The molecule has 94 valence electrons. The number of carbonyl (C=O) groups excluding carboxylic acids is 1. The first-order valence-electron chi connectivity index (χ1n) is 6.04. The molecule has 5 heteroatoms. The number of amides is 1. The van der Waals surface area contributed by atoms with Crippen molar-refractivity contribution in [3.05, 3.63) is 0 Å². The molecule has 0 saturated heterocycles. The lowest BCUT2D eigenvalue weighted by Gasteiger charge is -2.38. The van der Waals surface area contributed by atoms with Crippen LogP contribution in [0.25, 0.3) is 0 Å². The van der Waals surface area contributed by atoms with Gasteiger partial charge in [0.25, 0.3) is 0 Å². The fourth-order valence-electron chi connectivity index (χ4n) is 2.03. The summed E-state index contributed by atoms with van der Waals surface area (Å²) in [5.41, 5.74) is 2.19. The summed E-state index contributed by atoms with van der Waals surface area (Å²) < 4.78 is 0. The summed E-state index contributed by atoms with van der Waals surface area (Å²) in [7, 11) is 0. The molecule has 0 bridgehead atoms. The Kier molecular flexibility index (Phi) is 5.73. The van der Waals surface area contributed by atoms with E-state index < -0.39 is 0 Å². The van der Waals surface area contributed by atoms with Gasteiger partial charge in [-0.15, -0.1) is 0 Å². The molecular formula is C11H23N3O2. The zero-order chi connectivity index (χ0) is 12.0. The zero-order valence-electron chi connectivity index (χ0n) is 9.98. The molecule has 4 N–H and O–H groups in total. The predicted octanol–water partition coefficient (Wildman–Crippen LogP) is -0.151. The van der Waals surface area contributed by atoms with Crippen LogP contribution >= 0.6 is 0 Å². The number of carbonyl (C=O) groups is 1. The SMILES string of the molecule is CC(CN(CCCO)C1CCC1)C(=O)NN. The fraction of sp³-hybridized carbons (Fsp3) is 0.909. The Morgan fingerprint density at radius 1 is 1.62 bits per heavy atom. The molecule has 1 rings (SSSR count). The minimum Gasteiger partial charge on any atom is -0.396 e. The van der Waals surface area contributed by atoms with E-state index in [0.717, 1.165) is 19.5 Å². The number of nitrogens with zero attached hydrogens (tertiary/aromatic N) is 1. The number of aliphatic hydroxyl groups is 1. The molecule has 0 aliphatic heterocycles. The van der Waals surface area contributed by atoms with E-state index >= 15 is 0 Å². The van der Waals surface area contributed by atoms with Crippen molar-refractivity contribution in [2.24, 2.45) is 11.8 Å². The topological polar surface area (TPSA) is 78.6 Å². The van der Waals surface area contributed by atoms with Gasteiger partial charge in [-0.2, -0.15) is 0 Å². The minimum atomic E-state index is -0.117. The summed E-state index contributed by atoms with van der Waals surface area (Å²) in [5, 5.41) is 8.85. The van der Waals surface area contributed by atoms with Crippen LogP contribution in [0.1, 0.15) is 32.6 Å². The second-order valence-electron chi connectivity index (χ2n) is 4.57. The molecule has 1 fully saturated rings. The third-order valence-electron chi connectivity index (χ3n) is 3.29. The first kappa shape index (κ1) is 13.4. The third kappa shape index (κ3) is 3.73. The molecule has 0 heterocycles. The van der Waals surface area contributed by atoms with E-state index in [-0.39, 0.29) is 18.4 Å². The van der Waals surface area contributed by atoms with Crippen molar-refractivity contribution in [2.45, 2.75) is 38.6 Å². The molecule has 1 amide bonds. The van der Waals surface area contributed by atoms with Gasteiger partial charge in [0.1, 0.15) is 0 Å². The average molecular weight is 229 g/mol. The first-order valence-corrected chi connectivity index (χ1v) is 6.04. The first-order chi connectivity index (χ1) is 7.69. The molecular weight excluding hydrogens is 206 g/mol. The largest absolute Gasteiger partial charge is 0.396 e. The number of hydrogen-bond acceptors (Lipinski definition) is 4. The summed E-state index contributed by atoms with van der Waals surface area (Å²) in [6, 6.07) is 0.597. The molecule has 0 aromatic rings. The Bertz CT molecular complexity index is 219. The van der Waals surface area contributed by atoms with Crippen molar-refractivity contribution < 1.29 is 9.90 Å². The van der Waals surface area contributed by atoms with Gasteiger partial charge in [-0.05, 0) is 19.3 Å². The molecule has 1 unspecified atom stereocenters. The molecule has 16 heavy (non-hydrogen) atoms. The van der Waals surface area contributed by atoms with Crippen LogP contribution in [0.2, 0.25) is 0 Å². The quantitative estimate of drug-likeness (QED) is 0.322. The lowest BCUT2D eigenvalue weighted by atomic mass is 9.90. The normalized spacial score (nSPS) is 18.2. The molecule has 0 radical (unpaired) electrons. The molecule has 1 aliphatic carbocycles. The molecule has 0 aromatic heterocycles. The van der Waals surface area contributed by atoms with Crippen molar-refractivity contribution in [1.82, 2.24) is 10.3 Å². The minimum absolute atomic E-state index is 0.0932. The van der Waals surface area contributed by atoms with Gasteiger partial charge in [0, 0.05) is 31.7 Å². The molecule has 1 atom stereocenters. The summed E-state index contributed by atoms with van der Waals surface area (Å²) >= 11 is 0. The van der Waals surface area contributed by atoms with Crippen LogP contribution in [0.4, 0.5) is 0 Å². The second-order valence-corrected chi connectivity index (χ2v) is 4.57. The monoisotopic (exact) mass is 229 g/mol. The lowest BCUT2D eigenvalue weighted by molar-refractivity contribution is -0.125. The maximum absolute atomic E-state index is 11.3. The van der Waals surface area contributed by atoms with Gasteiger partial charge in [-0.3, -0.25) is 15.1 Å². The Morgan fingerprint density at radius 3 is 2.75 bits per heavy atom. The second kappa shape index (κ2) is 6.83. The highest BCUT2D eigenvalue weighted by Crippen LogP contribution is 2.25. The Morgan fingerprint density at radius 2 is 2.31 bits per heavy atom. The van der Waals surface area contributed by atoms with E-state index in [0.29, 0.717) is 6.04 Å². The number of nitrogens with one attached hydrogen (secondary N) is 1. The summed E-state index contributed by atoms with van der Waals surface area (Å²) in [6.07, 6.45) is 4.47. The van der Waals surface area contributed by atoms with Crippen LogP contribution in [0, 0.1) is 5.92 Å².